The maximum absolute atomic E-state index is 5.21. The molecule has 2 nitrogen and oxygen atoms in total. The summed E-state index contributed by atoms with van der Waals surface area (Å²) in [5.74, 6) is 1.57. The van der Waals surface area contributed by atoms with Crippen LogP contribution in [0.2, 0.25) is 0 Å². The van der Waals surface area contributed by atoms with Crippen LogP contribution in [0.3, 0.4) is 0 Å². The number of hydrogen-bond acceptors (Lipinski definition) is 4. The van der Waals surface area contributed by atoms with Crippen molar-refractivity contribution >= 4 is 39.9 Å². The minimum atomic E-state index is 0.737. The highest BCUT2D eigenvalue weighted by Gasteiger charge is 2.10. The van der Waals surface area contributed by atoms with Crippen LogP contribution >= 0.6 is 39.9 Å². The van der Waals surface area contributed by atoms with Crippen LogP contribution < -0.4 is 4.74 Å². The maximum Gasteiger partial charge on any atom is 0.133 e. The number of ether oxygens (including phenoxy) is 1. The van der Waals surface area contributed by atoms with Gasteiger partial charge in [-0.3, -0.25) is 0 Å². The Morgan fingerprint density at radius 1 is 1.47 bits per heavy atom. The summed E-state index contributed by atoms with van der Waals surface area (Å²) in [4.78, 5) is 5.77. The first-order valence-corrected chi connectivity index (χ1v) is 7.31. The minimum Gasteiger partial charge on any atom is -0.496 e. The fraction of sp³-hybridized carbons (Fsp3) is 0.250. The molecule has 2 aromatic rings. The van der Waals surface area contributed by atoms with E-state index >= 15 is 0 Å². The van der Waals surface area contributed by atoms with E-state index in [9.17, 15) is 0 Å². The first-order valence-electron chi connectivity index (χ1n) is 5.06. The number of aryl methyl sites for hydroxylation is 1. The number of methoxy groups -OCH3 is 1. The molecule has 0 aliphatic carbocycles. The Hall–Kier alpha value is -0.520. The van der Waals surface area contributed by atoms with E-state index in [-0.39, 0.29) is 0 Å². The summed E-state index contributed by atoms with van der Waals surface area (Å²) in [6, 6.07) is 5.99. The molecule has 1 aromatic heterocycles. The lowest BCUT2D eigenvalue weighted by atomic mass is 10.2. The molecular weight excluding hydrogens is 318 g/mol. The maximum atomic E-state index is 5.21. The fourth-order valence-electron chi connectivity index (χ4n) is 1.50. The summed E-state index contributed by atoms with van der Waals surface area (Å²) >= 11 is 9.47. The van der Waals surface area contributed by atoms with E-state index in [1.54, 1.807) is 18.4 Å². The second kappa shape index (κ2) is 5.42. The first-order chi connectivity index (χ1) is 8.15. The number of halogens is 1. The van der Waals surface area contributed by atoms with Crippen LogP contribution in [0, 0.1) is 6.92 Å². The van der Waals surface area contributed by atoms with Gasteiger partial charge < -0.3 is 4.74 Å². The summed E-state index contributed by atoms with van der Waals surface area (Å²) in [7, 11) is 1.66. The number of benzene rings is 1. The first kappa shape index (κ1) is 12.9. The highest BCUT2D eigenvalue weighted by atomic mass is 79.9. The molecule has 0 saturated heterocycles. The van der Waals surface area contributed by atoms with Crippen LogP contribution in [-0.4, -0.2) is 12.1 Å². The molecule has 1 aromatic carbocycles. The van der Waals surface area contributed by atoms with E-state index in [0.29, 0.717) is 0 Å². The highest BCUT2D eigenvalue weighted by molar-refractivity contribution is 9.10. The third-order valence-electron chi connectivity index (χ3n) is 2.44. The van der Waals surface area contributed by atoms with E-state index in [4.69, 9.17) is 4.74 Å². The largest absolute Gasteiger partial charge is 0.496 e. The molecule has 0 saturated carbocycles. The minimum absolute atomic E-state index is 0.737. The molecule has 0 aliphatic heterocycles. The van der Waals surface area contributed by atoms with Crippen LogP contribution in [-0.2, 0) is 5.75 Å². The zero-order valence-electron chi connectivity index (χ0n) is 9.53. The van der Waals surface area contributed by atoms with Crippen LogP contribution in [0.25, 0.3) is 10.6 Å². The van der Waals surface area contributed by atoms with Gasteiger partial charge in [0, 0.05) is 16.2 Å². The zero-order chi connectivity index (χ0) is 12.4. The SMILES string of the molecule is COc1ccc(-c2nc(C)c(CS)s2)cc1Br. The molecule has 17 heavy (non-hydrogen) atoms. The second-order valence-corrected chi connectivity index (χ2v) is 5.79. The zero-order valence-corrected chi connectivity index (χ0v) is 12.8. The molecule has 0 unspecified atom stereocenters. The third-order valence-corrected chi connectivity index (χ3v) is 4.79. The molecule has 1 heterocycles. The molecule has 5 heteroatoms. The van der Waals surface area contributed by atoms with Gasteiger partial charge in [-0.2, -0.15) is 12.6 Å². The van der Waals surface area contributed by atoms with E-state index < -0.39 is 0 Å². The van der Waals surface area contributed by atoms with Gasteiger partial charge in [-0.1, -0.05) is 0 Å². The topological polar surface area (TPSA) is 22.1 Å². The molecule has 0 amide bonds. The van der Waals surface area contributed by atoms with Crippen molar-refractivity contribution in [3.05, 3.63) is 33.2 Å². The van der Waals surface area contributed by atoms with Gasteiger partial charge in [0.25, 0.3) is 0 Å². The van der Waals surface area contributed by atoms with Gasteiger partial charge in [-0.15, -0.1) is 11.3 Å². The Morgan fingerprint density at radius 2 is 2.24 bits per heavy atom. The third kappa shape index (κ3) is 2.67. The van der Waals surface area contributed by atoms with Crippen molar-refractivity contribution in [3.8, 4) is 16.3 Å². The summed E-state index contributed by atoms with van der Waals surface area (Å²) in [6.45, 7) is 2.02. The summed E-state index contributed by atoms with van der Waals surface area (Å²) in [5, 5.41) is 1.02. The monoisotopic (exact) mass is 329 g/mol. The van der Waals surface area contributed by atoms with Gasteiger partial charge in [0.15, 0.2) is 0 Å². The van der Waals surface area contributed by atoms with Crippen LogP contribution in [0.4, 0.5) is 0 Å². The van der Waals surface area contributed by atoms with Crippen LogP contribution in [0.5, 0.6) is 5.75 Å². The van der Waals surface area contributed by atoms with E-state index in [1.807, 2.05) is 25.1 Å². The van der Waals surface area contributed by atoms with Gasteiger partial charge in [0.05, 0.1) is 17.3 Å². The number of rotatable bonds is 3. The Balaban J connectivity index is 2.42. The Labute approximate surface area is 119 Å². The number of aromatic nitrogens is 1. The van der Waals surface area contributed by atoms with Crippen molar-refractivity contribution in [2.75, 3.05) is 7.11 Å². The standard InChI is InChI=1S/C12H12BrNOS2/c1-7-11(6-16)17-12(14-7)8-3-4-10(15-2)9(13)5-8/h3-5,16H,6H2,1-2H3. The lowest BCUT2D eigenvalue weighted by Crippen LogP contribution is -1.85. The molecule has 0 aliphatic rings. The van der Waals surface area contributed by atoms with Gasteiger partial charge in [0.1, 0.15) is 10.8 Å². The van der Waals surface area contributed by atoms with Crippen molar-refractivity contribution in [1.29, 1.82) is 0 Å². The van der Waals surface area contributed by atoms with Crippen molar-refractivity contribution in [2.45, 2.75) is 12.7 Å². The molecular formula is C12H12BrNOS2. The van der Waals surface area contributed by atoms with Crippen LogP contribution in [0.1, 0.15) is 10.6 Å². The predicted molar refractivity (Wildman–Crippen MR) is 79.2 cm³/mol. The van der Waals surface area contributed by atoms with Crippen molar-refractivity contribution in [1.82, 2.24) is 4.98 Å². The van der Waals surface area contributed by atoms with Gasteiger partial charge >= 0.3 is 0 Å². The van der Waals surface area contributed by atoms with Gasteiger partial charge in [-0.25, -0.2) is 4.98 Å². The molecule has 0 bridgehead atoms. The molecule has 90 valence electrons. The number of nitrogens with zero attached hydrogens (tertiary/aromatic N) is 1. The number of thiazole rings is 1. The van der Waals surface area contributed by atoms with Gasteiger partial charge in [0.2, 0.25) is 0 Å². The molecule has 0 N–H and O–H groups in total. The summed E-state index contributed by atoms with van der Waals surface area (Å²) < 4.78 is 6.15. The number of hydrogen-bond donors (Lipinski definition) is 1. The van der Waals surface area contributed by atoms with Crippen LogP contribution in [0.15, 0.2) is 22.7 Å². The van der Waals surface area contributed by atoms with Crippen molar-refractivity contribution in [3.63, 3.8) is 0 Å². The summed E-state index contributed by atoms with van der Waals surface area (Å²) in [5.41, 5.74) is 2.16. The fourth-order valence-corrected chi connectivity index (χ4v) is 3.38. The average Bonchev–Trinajstić information content (AvgIpc) is 2.70. The van der Waals surface area contributed by atoms with Crippen molar-refractivity contribution in [2.24, 2.45) is 0 Å². The van der Waals surface area contributed by atoms with Crippen molar-refractivity contribution < 1.29 is 4.74 Å². The molecule has 0 fully saturated rings. The summed E-state index contributed by atoms with van der Waals surface area (Å²) in [6.07, 6.45) is 0. The normalized spacial score (nSPS) is 10.6. The lowest BCUT2D eigenvalue weighted by Gasteiger charge is -2.04. The Bertz CT molecular complexity index is 539. The Morgan fingerprint density at radius 3 is 2.76 bits per heavy atom. The smallest absolute Gasteiger partial charge is 0.133 e. The average molecular weight is 330 g/mol. The highest BCUT2D eigenvalue weighted by Crippen LogP contribution is 2.33. The van der Waals surface area contributed by atoms with E-state index in [2.05, 4.69) is 33.5 Å². The van der Waals surface area contributed by atoms with Gasteiger partial charge in [-0.05, 0) is 41.1 Å². The molecule has 0 spiro atoms. The number of thiol groups is 1. The molecule has 2 rings (SSSR count). The Kier molecular flexibility index (Phi) is 4.12. The van der Waals surface area contributed by atoms with E-state index in [1.165, 1.54) is 4.88 Å². The lowest BCUT2D eigenvalue weighted by molar-refractivity contribution is 0.412. The quantitative estimate of drug-likeness (QED) is 0.847. The second-order valence-electron chi connectivity index (χ2n) is 3.54. The molecule has 0 atom stereocenters. The van der Waals surface area contributed by atoms with E-state index in [0.717, 1.165) is 32.2 Å². The molecule has 0 radical (unpaired) electrons. The predicted octanol–water partition coefficient (Wildman–Crippen LogP) is 4.32.